The number of ketones is 1. The van der Waals surface area contributed by atoms with E-state index in [1.165, 1.54) is 12.8 Å². The summed E-state index contributed by atoms with van der Waals surface area (Å²) >= 11 is 0. The Morgan fingerprint density at radius 3 is 2.67 bits per heavy atom. The molecule has 0 spiro atoms. The second-order valence-electron chi connectivity index (χ2n) is 5.40. The van der Waals surface area contributed by atoms with Gasteiger partial charge in [0.05, 0.1) is 6.04 Å². The van der Waals surface area contributed by atoms with Crippen LogP contribution in [0.2, 0.25) is 0 Å². The summed E-state index contributed by atoms with van der Waals surface area (Å²) < 4.78 is 0. The van der Waals surface area contributed by atoms with Gasteiger partial charge in [0.15, 0.2) is 0 Å². The van der Waals surface area contributed by atoms with E-state index in [2.05, 4.69) is 11.9 Å². The topological polar surface area (TPSA) is 46.3 Å². The van der Waals surface area contributed by atoms with Crippen molar-refractivity contribution in [3.05, 3.63) is 0 Å². The molecular formula is C12H22N2O. The molecule has 1 saturated heterocycles. The van der Waals surface area contributed by atoms with Crippen LogP contribution in [0.25, 0.3) is 0 Å². The van der Waals surface area contributed by atoms with Crippen molar-refractivity contribution in [1.82, 2.24) is 4.90 Å². The number of piperidine rings is 1. The van der Waals surface area contributed by atoms with Crippen molar-refractivity contribution >= 4 is 5.78 Å². The fourth-order valence-electron chi connectivity index (χ4n) is 3.33. The normalized spacial score (nSPS) is 42.3. The van der Waals surface area contributed by atoms with Crippen molar-refractivity contribution in [3.8, 4) is 0 Å². The molecular weight excluding hydrogens is 188 g/mol. The molecule has 2 rings (SSSR count). The van der Waals surface area contributed by atoms with E-state index < -0.39 is 0 Å². The first-order chi connectivity index (χ1) is 7.08. The number of nitrogens with zero attached hydrogens (tertiary/aromatic N) is 1. The van der Waals surface area contributed by atoms with Crippen LogP contribution in [0.3, 0.4) is 0 Å². The zero-order valence-electron chi connectivity index (χ0n) is 9.78. The molecule has 15 heavy (non-hydrogen) atoms. The second kappa shape index (κ2) is 4.22. The van der Waals surface area contributed by atoms with Gasteiger partial charge in [-0.15, -0.1) is 0 Å². The molecule has 0 radical (unpaired) electrons. The number of Topliss-reactive ketones (excluding diaryl/α,β-unsaturated/α-hetero) is 1. The summed E-state index contributed by atoms with van der Waals surface area (Å²) in [7, 11) is 2.08. The van der Waals surface area contributed by atoms with Gasteiger partial charge in [-0.2, -0.15) is 0 Å². The molecule has 2 N–H and O–H groups in total. The largest absolute Gasteiger partial charge is 0.328 e. The van der Waals surface area contributed by atoms with Crippen LogP contribution >= 0.6 is 0 Å². The van der Waals surface area contributed by atoms with Crippen molar-refractivity contribution in [2.75, 3.05) is 13.6 Å². The third kappa shape index (κ3) is 2.23. The van der Waals surface area contributed by atoms with E-state index in [1.807, 2.05) is 0 Å². The second-order valence-corrected chi connectivity index (χ2v) is 5.40. The lowest BCUT2D eigenvalue weighted by Gasteiger charge is -2.45. The van der Waals surface area contributed by atoms with Crippen molar-refractivity contribution in [3.63, 3.8) is 0 Å². The maximum absolute atomic E-state index is 11.5. The Morgan fingerprint density at radius 1 is 1.27 bits per heavy atom. The SMILES string of the molecule is CC(=O)[C@@H]1C[C@H]2C[C@@H](N)CC[C@H]2CN1C. The highest BCUT2D eigenvalue weighted by Gasteiger charge is 2.38. The quantitative estimate of drug-likeness (QED) is 0.703. The van der Waals surface area contributed by atoms with Crippen LogP contribution in [0.5, 0.6) is 0 Å². The van der Waals surface area contributed by atoms with Crippen LogP contribution in [0.15, 0.2) is 0 Å². The summed E-state index contributed by atoms with van der Waals surface area (Å²) in [6.45, 7) is 2.80. The minimum absolute atomic E-state index is 0.150. The molecule has 1 saturated carbocycles. The maximum atomic E-state index is 11.5. The number of hydrogen-bond donors (Lipinski definition) is 1. The Bertz CT molecular complexity index is 254. The van der Waals surface area contributed by atoms with Gasteiger partial charge in [0.25, 0.3) is 0 Å². The van der Waals surface area contributed by atoms with Gasteiger partial charge in [0.2, 0.25) is 0 Å². The Kier molecular flexibility index (Phi) is 3.12. The number of carbonyl (C=O) groups excluding carboxylic acids is 1. The molecule has 0 amide bonds. The monoisotopic (exact) mass is 210 g/mol. The zero-order chi connectivity index (χ0) is 11.0. The minimum Gasteiger partial charge on any atom is -0.328 e. The summed E-state index contributed by atoms with van der Waals surface area (Å²) in [6, 6.07) is 0.527. The smallest absolute Gasteiger partial charge is 0.146 e. The van der Waals surface area contributed by atoms with Gasteiger partial charge < -0.3 is 5.73 Å². The Morgan fingerprint density at radius 2 is 2.00 bits per heavy atom. The molecule has 3 heteroatoms. The lowest BCUT2D eigenvalue weighted by atomic mass is 9.71. The molecule has 0 aromatic carbocycles. The van der Waals surface area contributed by atoms with E-state index >= 15 is 0 Å². The molecule has 1 aliphatic heterocycles. The Labute approximate surface area is 92.0 Å². The number of hydrogen-bond acceptors (Lipinski definition) is 3. The van der Waals surface area contributed by atoms with Gasteiger partial charge >= 0.3 is 0 Å². The molecule has 3 nitrogen and oxygen atoms in total. The molecule has 1 heterocycles. The molecule has 0 aromatic heterocycles. The summed E-state index contributed by atoms with van der Waals surface area (Å²) in [4.78, 5) is 13.7. The van der Waals surface area contributed by atoms with Gasteiger partial charge in [0.1, 0.15) is 5.78 Å². The number of carbonyl (C=O) groups is 1. The van der Waals surface area contributed by atoms with E-state index in [0.29, 0.717) is 17.7 Å². The molecule has 0 aromatic rings. The van der Waals surface area contributed by atoms with Gasteiger partial charge in [-0.25, -0.2) is 0 Å². The van der Waals surface area contributed by atoms with Crippen molar-refractivity contribution < 1.29 is 4.79 Å². The third-order valence-corrected chi connectivity index (χ3v) is 4.23. The fourth-order valence-corrected chi connectivity index (χ4v) is 3.33. The Hall–Kier alpha value is -0.410. The summed E-state index contributed by atoms with van der Waals surface area (Å²) in [6.07, 6.45) is 4.58. The number of nitrogens with two attached hydrogens (primary N) is 1. The molecule has 0 unspecified atom stereocenters. The van der Waals surface area contributed by atoms with Crippen molar-refractivity contribution in [2.24, 2.45) is 17.6 Å². The number of fused-ring (bicyclic) bond motifs is 1. The lowest BCUT2D eigenvalue weighted by molar-refractivity contribution is -0.124. The lowest BCUT2D eigenvalue weighted by Crippen LogP contribution is -2.51. The average Bonchev–Trinajstić information content (AvgIpc) is 2.17. The van der Waals surface area contributed by atoms with Gasteiger partial charge in [-0.05, 0) is 51.5 Å². The van der Waals surface area contributed by atoms with Crippen molar-refractivity contribution in [2.45, 2.75) is 44.7 Å². The highest BCUT2D eigenvalue weighted by atomic mass is 16.1. The van der Waals surface area contributed by atoms with Crippen LogP contribution in [-0.4, -0.2) is 36.4 Å². The van der Waals surface area contributed by atoms with E-state index in [9.17, 15) is 4.79 Å². The minimum atomic E-state index is 0.150. The van der Waals surface area contributed by atoms with Crippen molar-refractivity contribution in [1.29, 1.82) is 0 Å². The molecule has 2 aliphatic rings. The molecule has 4 atom stereocenters. The molecule has 0 bridgehead atoms. The summed E-state index contributed by atoms with van der Waals surface area (Å²) in [5.41, 5.74) is 6.00. The average molecular weight is 210 g/mol. The summed E-state index contributed by atoms with van der Waals surface area (Å²) in [5, 5.41) is 0. The molecule has 2 fully saturated rings. The predicted octanol–water partition coefficient (Wildman–Crippen LogP) is 1.02. The van der Waals surface area contributed by atoms with E-state index in [4.69, 9.17) is 5.73 Å². The first-order valence-corrected chi connectivity index (χ1v) is 6.04. The predicted molar refractivity (Wildman–Crippen MR) is 60.5 cm³/mol. The van der Waals surface area contributed by atoms with E-state index in [1.54, 1.807) is 6.92 Å². The maximum Gasteiger partial charge on any atom is 0.146 e. The first kappa shape index (κ1) is 11.1. The third-order valence-electron chi connectivity index (χ3n) is 4.23. The van der Waals surface area contributed by atoms with Crippen LogP contribution < -0.4 is 5.73 Å². The number of rotatable bonds is 1. The van der Waals surface area contributed by atoms with Gasteiger partial charge in [-0.1, -0.05) is 0 Å². The molecule has 1 aliphatic carbocycles. The standard InChI is InChI=1S/C12H22N2O/c1-8(15)12-6-10-5-11(13)4-3-9(10)7-14(12)2/h9-12H,3-7,13H2,1-2H3/t9-,10+,11-,12-/m0/s1. The number of likely N-dealkylation sites (tertiary alicyclic amines) is 1. The highest BCUT2D eigenvalue weighted by Crippen LogP contribution is 2.37. The zero-order valence-corrected chi connectivity index (χ0v) is 9.78. The number of likely N-dealkylation sites (N-methyl/N-ethyl adjacent to an activating group) is 1. The van der Waals surface area contributed by atoms with E-state index in [0.717, 1.165) is 25.3 Å². The van der Waals surface area contributed by atoms with Gasteiger partial charge in [0, 0.05) is 12.6 Å². The van der Waals surface area contributed by atoms with Crippen LogP contribution in [0.1, 0.15) is 32.6 Å². The first-order valence-electron chi connectivity index (χ1n) is 6.04. The fraction of sp³-hybridized carbons (Fsp3) is 0.917. The van der Waals surface area contributed by atoms with Crippen LogP contribution in [-0.2, 0) is 4.79 Å². The molecule has 86 valence electrons. The highest BCUT2D eigenvalue weighted by molar-refractivity contribution is 5.81. The summed E-state index contributed by atoms with van der Waals surface area (Å²) in [5.74, 6) is 1.79. The van der Waals surface area contributed by atoms with E-state index in [-0.39, 0.29) is 6.04 Å². The Balaban J connectivity index is 2.03. The van der Waals surface area contributed by atoms with Crippen LogP contribution in [0, 0.1) is 11.8 Å². The van der Waals surface area contributed by atoms with Crippen LogP contribution in [0.4, 0.5) is 0 Å². The van der Waals surface area contributed by atoms with Gasteiger partial charge in [-0.3, -0.25) is 9.69 Å².